The number of morpholine rings is 1. The molecule has 0 aliphatic carbocycles. The molecule has 1 aliphatic rings. The number of likely N-dealkylation sites (N-methyl/N-ethyl adjacent to an activating group) is 1. The summed E-state index contributed by atoms with van der Waals surface area (Å²) in [4.78, 5) is 15.6. The van der Waals surface area contributed by atoms with Gasteiger partial charge in [-0.05, 0) is 25.4 Å². The van der Waals surface area contributed by atoms with Crippen molar-refractivity contribution in [2.24, 2.45) is 0 Å². The Hall–Kier alpha value is -0.950. The average molecular weight is 297 g/mol. The number of carbonyl (C=O) groups is 1. The molecule has 2 unspecified atom stereocenters. The molecule has 2 atom stereocenters. The summed E-state index contributed by atoms with van der Waals surface area (Å²) in [6.45, 7) is 5.88. The van der Waals surface area contributed by atoms with Crippen LogP contribution in [0, 0.1) is 0 Å². The molecule has 2 N–H and O–H groups in total. The standard InChI is InChI=1S/C14H23N3O2S/c1-11(15-2)14(18)16-10-12(13-4-3-9-20-13)17-5-7-19-8-6-17/h3-4,9,11-12,15H,5-8,10H2,1-2H3,(H,16,18). The first-order valence-corrected chi connectivity index (χ1v) is 7.90. The second kappa shape index (κ2) is 7.73. The average Bonchev–Trinajstić information content (AvgIpc) is 3.01. The Kier molecular flexibility index (Phi) is 5.97. The Balaban J connectivity index is 1.98. The maximum atomic E-state index is 11.9. The van der Waals surface area contributed by atoms with Gasteiger partial charge in [-0.2, -0.15) is 0 Å². The highest BCUT2D eigenvalue weighted by atomic mass is 32.1. The van der Waals surface area contributed by atoms with Crippen LogP contribution in [0.25, 0.3) is 0 Å². The van der Waals surface area contributed by atoms with E-state index in [-0.39, 0.29) is 18.0 Å². The fraction of sp³-hybridized carbons (Fsp3) is 0.643. The minimum absolute atomic E-state index is 0.0438. The van der Waals surface area contributed by atoms with Crippen LogP contribution in [0.5, 0.6) is 0 Å². The van der Waals surface area contributed by atoms with Crippen molar-refractivity contribution in [3.05, 3.63) is 22.4 Å². The fourth-order valence-corrected chi connectivity index (χ4v) is 3.12. The first kappa shape index (κ1) is 15.4. The zero-order valence-electron chi connectivity index (χ0n) is 12.1. The van der Waals surface area contributed by atoms with Gasteiger partial charge >= 0.3 is 0 Å². The van der Waals surface area contributed by atoms with E-state index in [0.717, 1.165) is 26.3 Å². The molecule has 0 spiro atoms. The van der Waals surface area contributed by atoms with Gasteiger partial charge < -0.3 is 15.4 Å². The van der Waals surface area contributed by atoms with Crippen LogP contribution < -0.4 is 10.6 Å². The summed E-state index contributed by atoms with van der Waals surface area (Å²) < 4.78 is 5.41. The van der Waals surface area contributed by atoms with E-state index >= 15 is 0 Å². The topological polar surface area (TPSA) is 53.6 Å². The van der Waals surface area contributed by atoms with Crippen LogP contribution in [0.4, 0.5) is 0 Å². The Morgan fingerprint density at radius 2 is 2.25 bits per heavy atom. The summed E-state index contributed by atoms with van der Waals surface area (Å²) in [6.07, 6.45) is 0. The molecule has 1 aliphatic heterocycles. The fourth-order valence-electron chi connectivity index (χ4n) is 2.26. The molecule has 2 heterocycles. The monoisotopic (exact) mass is 297 g/mol. The van der Waals surface area contributed by atoms with E-state index in [2.05, 4.69) is 33.0 Å². The number of thiophene rings is 1. The van der Waals surface area contributed by atoms with E-state index in [0.29, 0.717) is 6.54 Å². The quantitative estimate of drug-likeness (QED) is 0.817. The zero-order chi connectivity index (χ0) is 14.4. The van der Waals surface area contributed by atoms with Gasteiger partial charge in [0.25, 0.3) is 0 Å². The summed E-state index contributed by atoms with van der Waals surface area (Å²) in [6, 6.07) is 4.28. The molecule has 20 heavy (non-hydrogen) atoms. The van der Waals surface area contributed by atoms with Gasteiger partial charge in [0, 0.05) is 24.5 Å². The van der Waals surface area contributed by atoms with Crippen LogP contribution in [-0.2, 0) is 9.53 Å². The number of nitrogens with one attached hydrogen (secondary N) is 2. The first-order chi connectivity index (χ1) is 9.72. The van der Waals surface area contributed by atoms with Crippen LogP contribution in [0.3, 0.4) is 0 Å². The van der Waals surface area contributed by atoms with E-state index < -0.39 is 0 Å². The van der Waals surface area contributed by atoms with Gasteiger partial charge in [0.1, 0.15) is 0 Å². The van der Waals surface area contributed by atoms with Crippen molar-refractivity contribution < 1.29 is 9.53 Å². The Morgan fingerprint density at radius 1 is 1.50 bits per heavy atom. The van der Waals surface area contributed by atoms with Crippen molar-refractivity contribution in [2.45, 2.75) is 19.0 Å². The summed E-state index contributed by atoms with van der Waals surface area (Å²) in [7, 11) is 1.79. The number of nitrogens with zero attached hydrogens (tertiary/aromatic N) is 1. The Labute approximate surface area is 124 Å². The van der Waals surface area contributed by atoms with Gasteiger partial charge in [-0.3, -0.25) is 9.69 Å². The van der Waals surface area contributed by atoms with E-state index in [9.17, 15) is 4.79 Å². The van der Waals surface area contributed by atoms with Crippen LogP contribution >= 0.6 is 11.3 Å². The zero-order valence-corrected chi connectivity index (χ0v) is 12.9. The number of rotatable bonds is 6. The molecule has 1 aromatic heterocycles. The van der Waals surface area contributed by atoms with E-state index in [1.54, 1.807) is 18.4 Å². The molecular weight excluding hydrogens is 274 g/mol. The van der Waals surface area contributed by atoms with Crippen LogP contribution in [0.2, 0.25) is 0 Å². The molecule has 2 rings (SSSR count). The maximum absolute atomic E-state index is 11.9. The Bertz CT molecular complexity index is 405. The Morgan fingerprint density at radius 3 is 2.85 bits per heavy atom. The van der Waals surface area contributed by atoms with Gasteiger partial charge in [-0.15, -0.1) is 11.3 Å². The summed E-state index contributed by atoms with van der Waals surface area (Å²) in [5.74, 6) is 0.0438. The molecule has 1 saturated heterocycles. The highest BCUT2D eigenvalue weighted by Gasteiger charge is 2.24. The van der Waals surface area contributed by atoms with Gasteiger partial charge in [0.15, 0.2) is 0 Å². The van der Waals surface area contributed by atoms with Crippen molar-refractivity contribution in [1.82, 2.24) is 15.5 Å². The second-order valence-electron chi connectivity index (χ2n) is 4.94. The number of amides is 1. The van der Waals surface area contributed by atoms with Crippen LogP contribution in [0.1, 0.15) is 17.8 Å². The number of hydrogen-bond donors (Lipinski definition) is 2. The molecule has 1 amide bonds. The van der Waals surface area contributed by atoms with Gasteiger partial charge in [0.05, 0.1) is 25.3 Å². The normalized spacial score (nSPS) is 19.5. The molecule has 1 fully saturated rings. The molecule has 0 bridgehead atoms. The predicted molar refractivity (Wildman–Crippen MR) is 81.0 cm³/mol. The lowest BCUT2D eigenvalue weighted by molar-refractivity contribution is -0.123. The number of carbonyl (C=O) groups excluding carboxylic acids is 1. The van der Waals surface area contributed by atoms with Crippen molar-refractivity contribution in [3.63, 3.8) is 0 Å². The van der Waals surface area contributed by atoms with Gasteiger partial charge in [-0.25, -0.2) is 0 Å². The van der Waals surface area contributed by atoms with Crippen molar-refractivity contribution in [1.29, 1.82) is 0 Å². The predicted octanol–water partition coefficient (Wildman–Crippen LogP) is 0.845. The van der Waals surface area contributed by atoms with Crippen LogP contribution in [-0.4, -0.2) is 56.7 Å². The third-order valence-corrected chi connectivity index (χ3v) is 4.63. The van der Waals surface area contributed by atoms with E-state index in [1.165, 1.54) is 4.88 Å². The van der Waals surface area contributed by atoms with Crippen LogP contribution in [0.15, 0.2) is 17.5 Å². The first-order valence-electron chi connectivity index (χ1n) is 7.02. The smallest absolute Gasteiger partial charge is 0.236 e. The summed E-state index contributed by atoms with van der Waals surface area (Å²) in [5.41, 5.74) is 0. The number of hydrogen-bond acceptors (Lipinski definition) is 5. The van der Waals surface area contributed by atoms with E-state index in [1.807, 2.05) is 6.92 Å². The molecule has 5 nitrogen and oxygen atoms in total. The highest BCUT2D eigenvalue weighted by Crippen LogP contribution is 2.25. The van der Waals surface area contributed by atoms with Crippen molar-refractivity contribution in [3.8, 4) is 0 Å². The summed E-state index contributed by atoms with van der Waals surface area (Å²) >= 11 is 1.74. The molecular formula is C14H23N3O2S. The third kappa shape index (κ3) is 4.02. The SMILES string of the molecule is CNC(C)C(=O)NCC(c1cccs1)N1CCOCC1. The van der Waals surface area contributed by atoms with E-state index in [4.69, 9.17) is 4.74 Å². The molecule has 0 aromatic carbocycles. The second-order valence-corrected chi connectivity index (χ2v) is 5.91. The van der Waals surface area contributed by atoms with Gasteiger partial charge in [0.2, 0.25) is 5.91 Å². The minimum atomic E-state index is -0.163. The van der Waals surface area contributed by atoms with Crippen molar-refractivity contribution >= 4 is 17.2 Å². The molecule has 1 aromatic rings. The molecule has 6 heteroatoms. The summed E-state index contributed by atoms with van der Waals surface area (Å²) in [5, 5.41) is 8.09. The van der Waals surface area contributed by atoms with Crippen molar-refractivity contribution in [2.75, 3.05) is 39.9 Å². The maximum Gasteiger partial charge on any atom is 0.236 e. The third-order valence-electron chi connectivity index (χ3n) is 3.65. The highest BCUT2D eigenvalue weighted by molar-refractivity contribution is 7.10. The lowest BCUT2D eigenvalue weighted by Crippen LogP contribution is -2.46. The minimum Gasteiger partial charge on any atom is -0.379 e. The molecule has 112 valence electrons. The molecule has 0 saturated carbocycles. The molecule has 0 radical (unpaired) electrons. The lowest BCUT2D eigenvalue weighted by Gasteiger charge is -2.34. The number of ether oxygens (including phenoxy) is 1. The van der Waals surface area contributed by atoms with Gasteiger partial charge in [-0.1, -0.05) is 6.07 Å². The lowest BCUT2D eigenvalue weighted by atomic mass is 10.2. The largest absolute Gasteiger partial charge is 0.379 e.